The lowest BCUT2D eigenvalue weighted by Crippen LogP contribution is -2.18. The molecule has 3 rings (SSSR count). The molecule has 6 nitrogen and oxygen atoms in total. The molecule has 0 saturated heterocycles. The van der Waals surface area contributed by atoms with Crippen LogP contribution in [0.3, 0.4) is 0 Å². The van der Waals surface area contributed by atoms with Crippen molar-refractivity contribution < 1.29 is 14.0 Å². The van der Waals surface area contributed by atoms with E-state index in [9.17, 15) is 9.59 Å². The van der Waals surface area contributed by atoms with Crippen molar-refractivity contribution in [3.63, 3.8) is 0 Å². The number of carbonyl (C=O) groups is 2. The average molecular weight is 368 g/mol. The maximum absolute atomic E-state index is 12.2. The van der Waals surface area contributed by atoms with Crippen molar-refractivity contribution in [3.8, 4) is 0 Å². The van der Waals surface area contributed by atoms with E-state index in [4.69, 9.17) is 16.0 Å². The van der Waals surface area contributed by atoms with Gasteiger partial charge < -0.3 is 9.73 Å². The van der Waals surface area contributed by atoms with Gasteiger partial charge in [0.25, 0.3) is 11.8 Å². The quantitative estimate of drug-likeness (QED) is 0.529. The molecule has 0 fully saturated rings. The fourth-order valence-corrected chi connectivity index (χ4v) is 2.35. The van der Waals surface area contributed by atoms with Crippen LogP contribution in [0.5, 0.6) is 0 Å². The van der Waals surface area contributed by atoms with Crippen LogP contribution in [-0.2, 0) is 0 Å². The highest BCUT2D eigenvalue weighted by molar-refractivity contribution is 6.31. The highest BCUT2D eigenvalue weighted by Gasteiger charge is 2.09. The first-order valence-corrected chi connectivity index (χ1v) is 8.03. The molecule has 0 saturated carbocycles. The van der Waals surface area contributed by atoms with Crippen LogP contribution in [0, 0.1) is 0 Å². The van der Waals surface area contributed by atoms with E-state index in [2.05, 4.69) is 15.8 Å². The number of anilines is 1. The SMILES string of the molecule is O=C(N/N=C/c1ccco1)c1cccc(NC(=O)c2cccc(Cl)c2)c1. The molecular formula is C19H14ClN3O3. The molecule has 0 spiro atoms. The number of nitrogens with one attached hydrogen (secondary N) is 2. The first-order chi connectivity index (χ1) is 12.6. The number of rotatable bonds is 5. The van der Waals surface area contributed by atoms with Crippen LogP contribution in [0.1, 0.15) is 26.5 Å². The molecule has 2 N–H and O–H groups in total. The topological polar surface area (TPSA) is 83.7 Å². The lowest BCUT2D eigenvalue weighted by Gasteiger charge is -2.07. The van der Waals surface area contributed by atoms with E-state index < -0.39 is 5.91 Å². The standard InChI is InChI=1S/C19H14ClN3O3/c20-15-6-1-4-13(10-15)18(24)22-16-7-2-5-14(11-16)19(25)23-21-12-17-8-3-9-26-17/h1-12H,(H,22,24)(H,23,25)/b21-12+. The van der Waals surface area contributed by atoms with Crippen molar-refractivity contribution >= 4 is 35.3 Å². The summed E-state index contributed by atoms with van der Waals surface area (Å²) >= 11 is 5.89. The van der Waals surface area contributed by atoms with Crippen molar-refractivity contribution in [1.82, 2.24) is 5.43 Å². The zero-order valence-corrected chi connectivity index (χ0v) is 14.2. The Morgan fingerprint density at radius 2 is 1.73 bits per heavy atom. The molecule has 3 aromatic rings. The van der Waals surface area contributed by atoms with Gasteiger partial charge in [-0.2, -0.15) is 5.10 Å². The Bertz CT molecular complexity index is 952. The van der Waals surface area contributed by atoms with Gasteiger partial charge in [0.15, 0.2) is 0 Å². The summed E-state index contributed by atoms with van der Waals surface area (Å²) < 4.78 is 5.08. The first kappa shape index (κ1) is 17.4. The van der Waals surface area contributed by atoms with E-state index in [1.165, 1.54) is 12.5 Å². The van der Waals surface area contributed by atoms with Gasteiger partial charge in [-0.25, -0.2) is 5.43 Å². The summed E-state index contributed by atoms with van der Waals surface area (Å²) in [6, 6.07) is 16.6. The molecule has 130 valence electrons. The molecule has 1 heterocycles. The molecular weight excluding hydrogens is 354 g/mol. The number of halogens is 1. The first-order valence-electron chi connectivity index (χ1n) is 7.66. The minimum absolute atomic E-state index is 0.319. The van der Waals surface area contributed by atoms with E-state index in [-0.39, 0.29) is 5.91 Å². The predicted molar refractivity (Wildman–Crippen MR) is 99.6 cm³/mol. The van der Waals surface area contributed by atoms with Crippen molar-refractivity contribution in [2.45, 2.75) is 0 Å². The molecule has 1 aromatic heterocycles. The molecule has 26 heavy (non-hydrogen) atoms. The Labute approximate surface area is 154 Å². The number of carbonyl (C=O) groups excluding carboxylic acids is 2. The van der Waals surface area contributed by atoms with E-state index in [1.807, 2.05) is 0 Å². The summed E-state index contributed by atoms with van der Waals surface area (Å²) in [5, 5.41) is 7.02. The molecule has 0 bridgehead atoms. The van der Waals surface area contributed by atoms with Gasteiger partial charge in [0.1, 0.15) is 5.76 Å². The van der Waals surface area contributed by atoms with Gasteiger partial charge in [0.2, 0.25) is 0 Å². The number of hydrazone groups is 1. The number of hydrogen-bond donors (Lipinski definition) is 2. The second-order valence-electron chi connectivity index (χ2n) is 5.26. The third-order valence-corrected chi connectivity index (χ3v) is 3.61. The Kier molecular flexibility index (Phi) is 5.46. The van der Waals surface area contributed by atoms with E-state index in [0.29, 0.717) is 27.6 Å². The van der Waals surface area contributed by atoms with Gasteiger partial charge in [-0.3, -0.25) is 9.59 Å². The Morgan fingerprint density at radius 3 is 2.46 bits per heavy atom. The van der Waals surface area contributed by atoms with Crippen LogP contribution in [0.15, 0.2) is 76.4 Å². The lowest BCUT2D eigenvalue weighted by atomic mass is 10.1. The average Bonchev–Trinajstić information content (AvgIpc) is 3.15. The largest absolute Gasteiger partial charge is 0.463 e. The molecule has 0 aliphatic carbocycles. The second kappa shape index (κ2) is 8.13. The van der Waals surface area contributed by atoms with Crippen LogP contribution in [-0.4, -0.2) is 18.0 Å². The number of amides is 2. The van der Waals surface area contributed by atoms with Crippen molar-refractivity contribution in [2.24, 2.45) is 5.10 Å². The van der Waals surface area contributed by atoms with E-state index in [0.717, 1.165) is 0 Å². The summed E-state index contributed by atoms with van der Waals surface area (Å²) in [7, 11) is 0. The monoisotopic (exact) mass is 367 g/mol. The number of nitrogens with zero attached hydrogens (tertiary/aromatic N) is 1. The minimum Gasteiger partial charge on any atom is -0.463 e. The molecule has 0 unspecified atom stereocenters. The number of furan rings is 1. The summed E-state index contributed by atoms with van der Waals surface area (Å²) in [6.45, 7) is 0. The molecule has 0 atom stereocenters. The van der Waals surface area contributed by atoms with Crippen molar-refractivity contribution in [2.75, 3.05) is 5.32 Å². The molecule has 2 aromatic carbocycles. The van der Waals surface area contributed by atoms with Gasteiger partial charge in [0, 0.05) is 21.8 Å². The van der Waals surface area contributed by atoms with E-state index >= 15 is 0 Å². The van der Waals surface area contributed by atoms with Crippen LogP contribution in [0.4, 0.5) is 5.69 Å². The smallest absolute Gasteiger partial charge is 0.271 e. The third-order valence-electron chi connectivity index (χ3n) is 3.37. The van der Waals surface area contributed by atoms with Gasteiger partial charge in [-0.15, -0.1) is 0 Å². The van der Waals surface area contributed by atoms with Gasteiger partial charge >= 0.3 is 0 Å². The zero-order valence-electron chi connectivity index (χ0n) is 13.5. The molecule has 7 heteroatoms. The number of benzene rings is 2. The van der Waals surface area contributed by atoms with Crippen LogP contribution in [0.2, 0.25) is 5.02 Å². The normalized spacial score (nSPS) is 10.7. The van der Waals surface area contributed by atoms with Gasteiger partial charge in [0.05, 0.1) is 12.5 Å². The lowest BCUT2D eigenvalue weighted by molar-refractivity contribution is 0.0953. The van der Waals surface area contributed by atoms with Crippen LogP contribution in [0.25, 0.3) is 0 Å². The Morgan fingerprint density at radius 1 is 0.962 bits per heavy atom. The molecule has 2 amide bonds. The summed E-state index contributed by atoms with van der Waals surface area (Å²) in [6.07, 6.45) is 2.90. The summed E-state index contributed by atoms with van der Waals surface area (Å²) in [4.78, 5) is 24.4. The Hall–Kier alpha value is -3.38. The highest BCUT2D eigenvalue weighted by Crippen LogP contribution is 2.15. The zero-order chi connectivity index (χ0) is 18.4. The predicted octanol–water partition coefficient (Wildman–Crippen LogP) is 3.95. The fourth-order valence-electron chi connectivity index (χ4n) is 2.15. The minimum atomic E-state index is -0.410. The maximum Gasteiger partial charge on any atom is 0.271 e. The van der Waals surface area contributed by atoms with Crippen molar-refractivity contribution in [3.05, 3.63) is 88.8 Å². The van der Waals surface area contributed by atoms with Gasteiger partial charge in [-0.05, 0) is 48.5 Å². The third kappa shape index (κ3) is 4.58. The summed E-state index contributed by atoms with van der Waals surface area (Å²) in [5.74, 6) is -0.208. The van der Waals surface area contributed by atoms with Crippen molar-refractivity contribution in [1.29, 1.82) is 0 Å². The van der Waals surface area contributed by atoms with Crippen LogP contribution < -0.4 is 10.7 Å². The summed E-state index contributed by atoms with van der Waals surface area (Å²) in [5.41, 5.74) is 3.66. The van der Waals surface area contributed by atoms with Gasteiger partial charge in [-0.1, -0.05) is 23.7 Å². The molecule has 0 aliphatic rings. The Balaban J connectivity index is 1.65. The molecule has 0 aliphatic heterocycles. The maximum atomic E-state index is 12.2. The highest BCUT2D eigenvalue weighted by atomic mass is 35.5. The second-order valence-corrected chi connectivity index (χ2v) is 5.70. The fraction of sp³-hybridized carbons (Fsp3) is 0. The number of hydrogen-bond acceptors (Lipinski definition) is 4. The van der Waals surface area contributed by atoms with E-state index in [1.54, 1.807) is 60.7 Å². The molecule has 0 radical (unpaired) electrons. The van der Waals surface area contributed by atoms with Crippen LogP contribution >= 0.6 is 11.6 Å².